The maximum absolute atomic E-state index is 12.3. The highest BCUT2D eigenvalue weighted by atomic mass is 35.5. The van der Waals surface area contributed by atoms with E-state index in [9.17, 15) is 13.2 Å². The molecule has 0 aliphatic carbocycles. The number of hydrogen-bond donors (Lipinski definition) is 1. The smallest absolute Gasteiger partial charge is 0.222 e. The average molecular weight is 343 g/mol. The van der Waals surface area contributed by atoms with Gasteiger partial charge in [-0.05, 0) is 26.2 Å². The van der Waals surface area contributed by atoms with Gasteiger partial charge in [-0.1, -0.05) is 0 Å². The topological polar surface area (TPSA) is 89.7 Å². The van der Waals surface area contributed by atoms with Gasteiger partial charge in [-0.2, -0.15) is 0 Å². The Morgan fingerprint density at radius 3 is 2.62 bits per heavy atom. The van der Waals surface area contributed by atoms with Gasteiger partial charge in [0.05, 0.1) is 11.5 Å². The van der Waals surface area contributed by atoms with Gasteiger partial charge < -0.3 is 15.4 Å². The lowest BCUT2D eigenvalue weighted by Crippen LogP contribution is -2.42. The van der Waals surface area contributed by atoms with Crippen molar-refractivity contribution in [3.8, 4) is 0 Å². The monoisotopic (exact) mass is 342 g/mol. The van der Waals surface area contributed by atoms with Gasteiger partial charge in [-0.25, -0.2) is 8.42 Å². The number of carbonyl (C=O) groups excluding carboxylic acids is 1. The van der Waals surface area contributed by atoms with Crippen molar-refractivity contribution in [3.05, 3.63) is 0 Å². The summed E-state index contributed by atoms with van der Waals surface area (Å²) in [6.07, 6.45) is 2.26. The molecule has 2 atom stereocenters. The van der Waals surface area contributed by atoms with Gasteiger partial charge in [-0.15, -0.1) is 12.4 Å². The van der Waals surface area contributed by atoms with Crippen molar-refractivity contribution in [2.24, 2.45) is 5.73 Å². The summed E-state index contributed by atoms with van der Waals surface area (Å²) in [6.45, 7) is 2.98. The van der Waals surface area contributed by atoms with Crippen LogP contribution in [0.15, 0.2) is 0 Å². The van der Waals surface area contributed by atoms with Gasteiger partial charge in [0.25, 0.3) is 0 Å². The van der Waals surface area contributed by atoms with Crippen LogP contribution >= 0.6 is 12.4 Å². The molecule has 2 unspecified atom stereocenters. The quantitative estimate of drug-likeness (QED) is 0.652. The minimum atomic E-state index is -2.99. The summed E-state index contributed by atoms with van der Waals surface area (Å²) < 4.78 is 28.2. The minimum Gasteiger partial charge on any atom is -0.385 e. The number of halogens is 1. The predicted molar refractivity (Wildman–Crippen MR) is 85.4 cm³/mol. The molecule has 1 fully saturated rings. The second kappa shape index (κ2) is 9.61. The molecule has 0 aromatic carbocycles. The Bertz CT molecular complexity index is 414. The maximum atomic E-state index is 12.3. The Kier molecular flexibility index (Phi) is 9.44. The van der Waals surface area contributed by atoms with E-state index in [1.165, 1.54) is 0 Å². The molecule has 6 nitrogen and oxygen atoms in total. The number of sulfone groups is 1. The number of carbonyl (C=O) groups is 1. The van der Waals surface area contributed by atoms with Crippen LogP contribution in [0.3, 0.4) is 0 Å². The standard InChI is InChI=1S/C13H26N2O4S.ClH/c1-11(14)4-5-13(16)15(7-3-8-19-2)12-6-9-20(17,18)10-12;/h11-12H,3-10,14H2,1-2H3;1H. The van der Waals surface area contributed by atoms with Gasteiger partial charge >= 0.3 is 0 Å². The van der Waals surface area contributed by atoms with Gasteiger partial charge in [0, 0.05) is 38.8 Å². The first-order valence-corrected chi connectivity index (χ1v) is 8.92. The number of hydrogen-bond acceptors (Lipinski definition) is 5. The lowest BCUT2D eigenvalue weighted by Gasteiger charge is -2.28. The minimum absolute atomic E-state index is 0. The molecule has 1 saturated heterocycles. The van der Waals surface area contributed by atoms with Gasteiger partial charge in [0.15, 0.2) is 9.84 Å². The largest absolute Gasteiger partial charge is 0.385 e. The van der Waals surface area contributed by atoms with Crippen molar-refractivity contribution in [3.63, 3.8) is 0 Å². The fourth-order valence-electron chi connectivity index (χ4n) is 2.41. The van der Waals surface area contributed by atoms with Crippen LogP contribution in [0.2, 0.25) is 0 Å². The molecule has 1 heterocycles. The Hall–Kier alpha value is -0.370. The van der Waals surface area contributed by atoms with Crippen LogP contribution in [0, 0.1) is 0 Å². The van der Waals surface area contributed by atoms with E-state index >= 15 is 0 Å². The Labute approximate surface area is 133 Å². The first-order valence-electron chi connectivity index (χ1n) is 7.10. The first-order chi connectivity index (χ1) is 9.35. The van der Waals surface area contributed by atoms with Crippen molar-refractivity contribution in [2.75, 3.05) is 31.8 Å². The van der Waals surface area contributed by atoms with Crippen molar-refractivity contribution < 1.29 is 17.9 Å². The summed E-state index contributed by atoms with van der Waals surface area (Å²) in [5.41, 5.74) is 5.67. The van der Waals surface area contributed by atoms with Crippen LogP contribution < -0.4 is 5.73 Å². The lowest BCUT2D eigenvalue weighted by atomic mass is 10.1. The maximum Gasteiger partial charge on any atom is 0.222 e. The van der Waals surface area contributed by atoms with E-state index in [4.69, 9.17) is 10.5 Å². The van der Waals surface area contributed by atoms with E-state index < -0.39 is 9.84 Å². The molecule has 0 spiro atoms. The molecule has 0 radical (unpaired) electrons. The van der Waals surface area contributed by atoms with E-state index in [0.29, 0.717) is 32.4 Å². The molecule has 1 aliphatic heterocycles. The van der Waals surface area contributed by atoms with Crippen LogP contribution in [0.5, 0.6) is 0 Å². The molecule has 1 aliphatic rings. The van der Waals surface area contributed by atoms with Crippen molar-refractivity contribution in [1.82, 2.24) is 4.90 Å². The fraction of sp³-hybridized carbons (Fsp3) is 0.923. The van der Waals surface area contributed by atoms with Crippen LogP contribution in [-0.4, -0.2) is 63.1 Å². The number of nitrogens with two attached hydrogens (primary N) is 1. The molecule has 0 saturated carbocycles. The molecule has 126 valence electrons. The molecule has 21 heavy (non-hydrogen) atoms. The summed E-state index contributed by atoms with van der Waals surface area (Å²) in [5.74, 6) is 0.267. The molecule has 0 bridgehead atoms. The Morgan fingerprint density at radius 2 is 2.14 bits per heavy atom. The highest BCUT2D eigenvalue weighted by molar-refractivity contribution is 7.91. The highest BCUT2D eigenvalue weighted by Gasteiger charge is 2.34. The predicted octanol–water partition coefficient (Wildman–Crippen LogP) is 0.588. The number of nitrogens with zero attached hydrogens (tertiary/aromatic N) is 1. The van der Waals surface area contributed by atoms with E-state index in [2.05, 4.69) is 0 Å². The van der Waals surface area contributed by atoms with E-state index in [1.54, 1.807) is 12.0 Å². The molecular formula is C13H27ClN2O4S. The molecule has 1 amide bonds. The van der Waals surface area contributed by atoms with Gasteiger partial charge in [0.2, 0.25) is 5.91 Å². The van der Waals surface area contributed by atoms with Crippen LogP contribution in [-0.2, 0) is 19.4 Å². The van der Waals surface area contributed by atoms with E-state index in [1.807, 2.05) is 6.92 Å². The van der Waals surface area contributed by atoms with E-state index in [-0.39, 0.29) is 41.9 Å². The van der Waals surface area contributed by atoms with Crippen LogP contribution in [0.4, 0.5) is 0 Å². The van der Waals surface area contributed by atoms with E-state index in [0.717, 1.165) is 6.42 Å². The third-order valence-electron chi connectivity index (χ3n) is 3.53. The zero-order valence-electron chi connectivity index (χ0n) is 12.8. The van der Waals surface area contributed by atoms with Crippen molar-refractivity contribution in [1.29, 1.82) is 0 Å². The summed E-state index contributed by atoms with van der Waals surface area (Å²) in [7, 11) is -1.37. The summed E-state index contributed by atoms with van der Waals surface area (Å²) in [6, 6.07) is -0.204. The molecule has 1 rings (SSSR count). The average Bonchev–Trinajstić information content (AvgIpc) is 2.72. The van der Waals surface area contributed by atoms with Crippen LogP contribution in [0.25, 0.3) is 0 Å². The van der Waals surface area contributed by atoms with Gasteiger partial charge in [-0.3, -0.25) is 4.79 Å². The molecule has 0 aromatic rings. The zero-order valence-corrected chi connectivity index (χ0v) is 14.4. The summed E-state index contributed by atoms with van der Waals surface area (Å²) >= 11 is 0. The Morgan fingerprint density at radius 1 is 1.48 bits per heavy atom. The SMILES string of the molecule is COCCCN(C(=O)CCC(C)N)C1CCS(=O)(=O)C1.Cl. The zero-order chi connectivity index (χ0) is 15.2. The molecular weight excluding hydrogens is 316 g/mol. The number of ether oxygens (including phenoxy) is 1. The lowest BCUT2D eigenvalue weighted by molar-refractivity contribution is -0.133. The normalized spacial score (nSPS) is 21.6. The van der Waals surface area contributed by atoms with Crippen molar-refractivity contribution in [2.45, 2.75) is 44.7 Å². The fourth-order valence-corrected chi connectivity index (χ4v) is 4.14. The second-order valence-corrected chi connectivity index (χ2v) is 7.74. The first kappa shape index (κ1) is 20.6. The molecule has 0 aromatic heterocycles. The summed E-state index contributed by atoms with van der Waals surface area (Å²) in [4.78, 5) is 14.0. The summed E-state index contributed by atoms with van der Waals surface area (Å²) in [5, 5.41) is 0. The molecule has 2 N–H and O–H groups in total. The Balaban J connectivity index is 0.00000400. The second-order valence-electron chi connectivity index (χ2n) is 5.51. The number of amides is 1. The van der Waals surface area contributed by atoms with Gasteiger partial charge in [0.1, 0.15) is 0 Å². The number of methoxy groups -OCH3 is 1. The van der Waals surface area contributed by atoms with Crippen LogP contribution in [0.1, 0.15) is 32.6 Å². The number of rotatable bonds is 8. The third-order valence-corrected chi connectivity index (χ3v) is 5.28. The van der Waals surface area contributed by atoms with Crippen molar-refractivity contribution >= 4 is 28.2 Å². The molecule has 8 heteroatoms. The highest BCUT2D eigenvalue weighted by Crippen LogP contribution is 2.19. The third kappa shape index (κ3) is 7.44.